The molecule has 7 nitrogen and oxygen atoms in total. The Hall–Kier alpha value is -4.56. The zero-order valence-electron chi connectivity index (χ0n) is 21.8. The lowest BCUT2D eigenvalue weighted by Crippen LogP contribution is -2.32. The Morgan fingerprint density at radius 1 is 0.950 bits per heavy atom. The van der Waals surface area contributed by atoms with E-state index in [0.717, 1.165) is 11.6 Å². The van der Waals surface area contributed by atoms with E-state index in [4.69, 9.17) is 22.1 Å². The van der Waals surface area contributed by atoms with Gasteiger partial charge in [-0.15, -0.1) is 0 Å². The molecule has 0 aliphatic carbocycles. The number of amides is 1. The summed E-state index contributed by atoms with van der Waals surface area (Å²) in [5.41, 5.74) is 6.68. The quantitative estimate of drug-likeness (QED) is 0.268. The largest absolute Gasteiger partial charge is 0.495 e. The number of carbonyl (C=O) groups excluding carboxylic acids is 3. The number of rotatable bonds is 10. The van der Waals surface area contributed by atoms with Gasteiger partial charge in [0.2, 0.25) is 0 Å². The number of ether oxygens (including phenoxy) is 1. The second-order valence-electron chi connectivity index (χ2n) is 9.27. The van der Waals surface area contributed by atoms with Crippen molar-refractivity contribution in [3.05, 3.63) is 122 Å². The third-order valence-electron chi connectivity index (χ3n) is 6.57. The Labute approximate surface area is 235 Å². The number of methoxy groups -OCH3 is 1. The minimum atomic E-state index is -0.969. The molecular weight excluding hydrogens is 535 g/mol. The topological polar surface area (TPSA) is 108 Å². The van der Waals surface area contributed by atoms with E-state index in [0.29, 0.717) is 27.3 Å². The summed E-state index contributed by atoms with van der Waals surface area (Å²) in [4.78, 5) is 50.9. The maximum atomic E-state index is 14.4. The smallest absolute Gasteiger partial charge is 0.252 e. The number of hydrogen-bond acceptors (Lipinski definition) is 5. The fraction of sp³-hybridized carbons (Fsp3) is 0.161. The van der Waals surface area contributed by atoms with Gasteiger partial charge in [0.1, 0.15) is 11.6 Å². The summed E-state index contributed by atoms with van der Waals surface area (Å²) in [5.74, 6) is -2.07. The zero-order valence-corrected chi connectivity index (χ0v) is 22.6. The Balaban J connectivity index is 1.80. The predicted octanol–water partition coefficient (Wildman–Crippen LogP) is 5.21. The molecule has 1 heterocycles. The normalized spacial score (nSPS) is 11.6. The molecule has 0 saturated heterocycles. The van der Waals surface area contributed by atoms with Crippen LogP contribution in [0.3, 0.4) is 0 Å². The van der Waals surface area contributed by atoms with Crippen molar-refractivity contribution in [1.29, 1.82) is 0 Å². The van der Waals surface area contributed by atoms with Crippen LogP contribution in [0.1, 0.15) is 44.8 Å². The van der Waals surface area contributed by atoms with Crippen molar-refractivity contribution < 1.29 is 23.5 Å². The standard InChI is InChI=1S/C31H26ClFN2O5/c1-18(36)22-11-9-21(32)15-24(22)25-16-30(38)35(17-29(25)40-2)27(13-19-6-4-3-5-7-19)28(37)14-20-8-10-23(31(34)39)26(33)12-20/h3-12,15-17,27H,13-14H2,1-2H3,(H2,34,39). The number of benzene rings is 3. The second kappa shape index (κ2) is 12.1. The molecule has 4 rings (SSSR count). The Morgan fingerprint density at radius 2 is 1.65 bits per heavy atom. The van der Waals surface area contributed by atoms with E-state index in [1.165, 1.54) is 43.0 Å². The van der Waals surface area contributed by atoms with E-state index in [-0.39, 0.29) is 35.7 Å². The van der Waals surface area contributed by atoms with Crippen molar-refractivity contribution in [1.82, 2.24) is 4.57 Å². The number of Topliss-reactive ketones (excluding diaryl/α,β-unsaturated/α-hetero) is 2. The highest BCUT2D eigenvalue weighted by atomic mass is 35.5. The SMILES string of the molecule is COc1cn(C(Cc2ccccc2)C(=O)Cc2ccc(C(N)=O)c(F)c2)c(=O)cc1-c1cc(Cl)ccc1C(C)=O. The number of halogens is 2. The van der Waals surface area contributed by atoms with Gasteiger partial charge >= 0.3 is 0 Å². The summed E-state index contributed by atoms with van der Waals surface area (Å²) in [6.45, 7) is 1.41. The molecule has 3 aromatic carbocycles. The molecule has 4 aromatic rings. The summed E-state index contributed by atoms with van der Waals surface area (Å²) >= 11 is 6.20. The van der Waals surface area contributed by atoms with E-state index < -0.39 is 23.3 Å². The molecule has 0 aliphatic heterocycles. The molecule has 9 heteroatoms. The van der Waals surface area contributed by atoms with E-state index in [1.54, 1.807) is 18.2 Å². The molecule has 2 N–H and O–H groups in total. The lowest BCUT2D eigenvalue weighted by atomic mass is 9.95. The van der Waals surface area contributed by atoms with Crippen LogP contribution in [0.25, 0.3) is 11.1 Å². The Bertz CT molecular complexity index is 1670. The van der Waals surface area contributed by atoms with Crippen molar-refractivity contribution in [3.8, 4) is 16.9 Å². The fourth-order valence-corrected chi connectivity index (χ4v) is 4.76. The zero-order chi connectivity index (χ0) is 29.0. The van der Waals surface area contributed by atoms with Gasteiger partial charge in [0.25, 0.3) is 11.5 Å². The molecule has 1 unspecified atom stereocenters. The molecule has 1 aromatic heterocycles. The van der Waals surface area contributed by atoms with E-state index in [9.17, 15) is 23.6 Å². The third-order valence-corrected chi connectivity index (χ3v) is 6.81. The van der Waals surface area contributed by atoms with Gasteiger partial charge in [-0.1, -0.05) is 48.0 Å². The Kier molecular flexibility index (Phi) is 8.60. The van der Waals surface area contributed by atoms with Gasteiger partial charge in [-0.05, 0) is 53.9 Å². The van der Waals surface area contributed by atoms with Crippen LogP contribution in [0.5, 0.6) is 5.75 Å². The molecule has 0 radical (unpaired) electrons. The average Bonchev–Trinajstić information content (AvgIpc) is 2.92. The monoisotopic (exact) mass is 560 g/mol. The maximum Gasteiger partial charge on any atom is 0.252 e. The van der Waals surface area contributed by atoms with Crippen LogP contribution in [0.2, 0.25) is 5.02 Å². The molecule has 1 amide bonds. The summed E-state index contributed by atoms with van der Waals surface area (Å²) < 4.78 is 21.3. The van der Waals surface area contributed by atoms with Gasteiger partial charge in [-0.25, -0.2) is 4.39 Å². The van der Waals surface area contributed by atoms with E-state index in [2.05, 4.69) is 0 Å². The average molecular weight is 561 g/mol. The molecule has 204 valence electrons. The number of ketones is 2. The van der Waals surface area contributed by atoms with Crippen molar-refractivity contribution in [2.75, 3.05) is 7.11 Å². The lowest BCUT2D eigenvalue weighted by Gasteiger charge is -2.22. The highest BCUT2D eigenvalue weighted by Gasteiger charge is 2.25. The molecule has 0 aliphatic rings. The fourth-order valence-electron chi connectivity index (χ4n) is 4.58. The number of pyridine rings is 1. The van der Waals surface area contributed by atoms with Gasteiger partial charge in [0.05, 0.1) is 24.9 Å². The van der Waals surface area contributed by atoms with E-state index >= 15 is 0 Å². The van der Waals surface area contributed by atoms with Crippen molar-refractivity contribution >= 4 is 29.1 Å². The number of carbonyl (C=O) groups is 3. The first-order valence-electron chi connectivity index (χ1n) is 12.3. The van der Waals surface area contributed by atoms with Gasteiger partial charge in [0, 0.05) is 35.1 Å². The first-order chi connectivity index (χ1) is 19.1. The molecule has 0 bridgehead atoms. The highest BCUT2D eigenvalue weighted by Crippen LogP contribution is 2.34. The van der Waals surface area contributed by atoms with Gasteiger partial charge < -0.3 is 15.0 Å². The summed E-state index contributed by atoms with van der Waals surface area (Å²) in [6.07, 6.45) is 1.41. The summed E-state index contributed by atoms with van der Waals surface area (Å²) in [6, 6.07) is 18.0. The highest BCUT2D eigenvalue weighted by molar-refractivity contribution is 6.31. The lowest BCUT2D eigenvalue weighted by molar-refractivity contribution is -0.121. The van der Waals surface area contributed by atoms with Crippen molar-refractivity contribution in [3.63, 3.8) is 0 Å². The number of nitrogens with two attached hydrogens (primary N) is 1. The summed E-state index contributed by atoms with van der Waals surface area (Å²) in [7, 11) is 1.42. The predicted molar refractivity (Wildman–Crippen MR) is 151 cm³/mol. The van der Waals surface area contributed by atoms with Crippen molar-refractivity contribution in [2.45, 2.75) is 25.8 Å². The maximum absolute atomic E-state index is 14.4. The minimum absolute atomic E-state index is 0.180. The first kappa shape index (κ1) is 28.4. The van der Waals surface area contributed by atoms with Crippen LogP contribution >= 0.6 is 11.6 Å². The molecule has 0 spiro atoms. The number of primary amides is 1. The van der Waals surface area contributed by atoms with Crippen LogP contribution < -0.4 is 16.0 Å². The van der Waals surface area contributed by atoms with Crippen molar-refractivity contribution in [2.24, 2.45) is 5.73 Å². The number of aromatic nitrogens is 1. The van der Waals surface area contributed by atoms with Crippen LogP contribution in [0.15, 0.2) is 83.8 Å². The van der Waals surface area contributed by atoms with E-state index in [1.807, 2.05) is 30.3 Å². The van der Waals surface area contributed by atoms with Gasteiger partial charge in [0.15, 0.2) is 11.6 Å². The van der Waals surface area contributed by atoms with Gasteiger partial charge in [-0.2, -0.15) is 0 Å². The van der Waals surface area contributed by atoms with Crippen LogP contribution in [-0.4, -0.2) is 29.2 Å². The number of nitrogens with zero attached hydrogens (tertiary/aromatic N) is 1. The molecule has 0 saturated carbocycles. The molecule has 1 atom stereocenters. The Morgan fingerprint density at radius 3 is 2.27 bits per heavy atom. The molecular formula is C31H26ClFN2O5. The first-order valence-corrected chi connectivity index (χ1v) is 12.7. The number of hydrogen-bond donors (Lipinski definition) is 1. The second-order valence-corrected chi connectivity index (χ2v) is 9.71. The molecule has 40 heavy (non-hydrogen) atoms. The van der Waals surface area contributed by atoms with Crippen LogP contribution in [0.4, 0.5) is 4.39 Å². The third kappa shape index (κ3) is 6.18. The van der Waals surface area contributed by atoms with Crippen LogP contribution in [-0.2, 0) is 17.6 Å². The van der Waals surface area contributed by atoms with Crippen LogP contribution in [0, 0.1) is 5.82 Å². The molecule has 0 fully saturated rings. The minimum Gasteiger partial charge on any atom is -0.495 e. The van der Waals surface area contributed by atoms with Gasteiger partial charge in [-0.3, -0.25) is 19.2 Å². The summed E-state index contributed by atoms with van der Waals surface area (Å²) in [5, 5.41) is 0.373.